The monoisotopic (exact) mass is 396 g/mol. The van der Waals surface area contributed by atoms with Crippen LogP contribution >= 0.6 is 11.3 Å². The van der Waals surface area contributed by atoms with E-state index in [1.54, 1.807) is 11.3 Å². The minimum Gasteiger partial charge on any atom is -0.468 e. The van der Waals surface area contributed by atoms with E-state index in [-0.39, 0.29) is 29.8 Å². The van der Waals surface area contributed by atoms with Gasteiger partial charge in [-0.3, -0.25) is 9.59 Å². The summed E-state index contributed by atoms with van der Waals surface area (Å²) in [5, 5.41) is 5.54. The van der Waals surface area contributed by atoms with Crippen LogP contribution in [0.4, 0.5) is 11.4 Å². The number of carbonyl (C=O) groups is 2. The molecule has 0 saturated carbocycles. The van der Waals surface area contributed by atoms with E-state index in [9.17, 15) is 9.59 Å². The summed E-state index contributed by atoms with van der Waals surface area (Å²) in [6.07, 6.45) is 1.29. The fourth-order valence-electron chi connectivity index (χ4n) is 4.17. The molecule has 146 valence electrons. The van der Waals surface area contributed by atoms with Gasteiger partial charge in [-0.05, 0) is 35.4 Å². The predicted octanol–water partition coefficient (Wildman–Crippen LogP) is 4.54. The number of ether oxygens (including phenoxy) is 1. The SMILES string of the molecule is COC(=O)CN1c2ccccc2NC2=C(C(=O)CC(C)(C)C2)[C@@H]1c1cccs1. The van der Waals surface area contributed by atoms with Crippen LogP contribution < -0.4 is 10.2 Å². The topological polar surface area (TPSA) is 58.6 Å². The standard InChI is InChI=1S/C22H24N2O3S/c1-22(2)11-15-20(17(25)12-22)21(18-9-6-10-28-18)24(13-19(26)27-3)16-8-5-4-7-14(16)23-15/h4-10,21,23H,11-13H2,1-3H3/t21-/m0/s1. The first-order chi connectivity index (χ1) is 13.4. The molecular weight excluding hydrogens is 372 g/mol. The maximum Gasteiger partial charge on any atom is 0.325 e. The highest BCUT2D eigenvalue weighted by Crippen LogP contribution is 2.48. The smallest absolute Gasteiger partial charge is 0.325 e. The fourth-order valence-corrected chi connectivity index (χ4v) is 5.02. The maximum atomic E-state index is 13.3. The van der Waals surface area contributed by atoms with Crippen LogP contribution in [0, 0.1) is 5.41 Å². The van der Waals surface area contributed by atoms with Crippen molar-refractivity contribution in [3.63, 3.8) is 0 Å². The molecule has 2 aliphatic rings. The summed E-state index contributed by atoms with van der Waals surface area (Å²) in [6.45, 7) is 4.32. The van der Waals surface area contributed by atoms with Gasteiger partial charge in [0.2, 0.25) is 0 Å². The van der Waals surface area contributed by atoms with E-state index in [1.165, 1.54) is 7.11 Å². The first kappa shape index (κ1) is 18.7. The van der Waals surface area contributed by atoms with Gasteiger partial charge in [0.25, 0.3) is 0 Å². The zero-order chi connectivity index (χ0) is 19.9. The number of hydrogen-bond donors (Lipinski definition) is 1. The molecule has 2 heterocycles. The number of nitrogens with zero attached hydrogens (tertiary/aromatic N) is 1. The van der Waals surface area contributed by atoms with E-state index >= 15 is 0 Å². The summed E-state index contributed by atoms with van der Waals surface area (Å²) in [7, 11) is 1.39. The highest BCUT2D eigenvalue weighted by atomic mass is 32.1. The van der Waals surface area contributed by atoms with Gasteiger partial charge >= 0.3 is 5.97 Å². The van der Waals surface area contributed by atoms with Crippen LogP contribution in [-0.2, 0) is 14.3 Å². The number of thiophene rings is 1. The number of fused-ring (bicyclic) bond motifs is 1. The number of hydrogen-bond acceptors (Lipinski definition) is 6. The van der Waals surface area contributed by atoms with E-state index in [1.807, 2.05) is 46.7 Å². The Morgan fingerprint density at radius 2 is 2.04 bits per heavy atom. The Morgan fingerprint density at radius 1 is 1.25 bits per heavy atom. The van der Waals surface area contributed by atoms with Crippen molar-refractivity contribution in [2.45, 2.75) is 32.7 Å². The Bertz CT molecular complexity index is 946. The molecule has 0 unspecified atom stereocenters. The van der Waals surface area contributed by atoms with Gasteiger partial charge in [0.15, 0.2) is 5.78 Å². The lowest BCUT2D eigenvalue weighted by Gasteiger charge is -2.37. The number of allylic oxidation sites excluding steroid dienone is 1. The molecule has 0 fully saturated rings. The summed E-state index contributed by atoms with van der Waals surface area (Å²) in [5.41, 5.74) is 3.42. The first-order valence-electron chi connectivity index (χ1n) is 9.39. The second-order valence-corrected chi connectivity index (χ2v) is 9.08. The van der Waals surface area contributed by atoms with Crippen molar-refractivity contribution < 1.29 is 14.3 Å². The second kappa shape index (κ2) is 7.09. The van der Waals surface area contributed by atoms with Crippen LogP contribution in [0.3, 0.4) is 0 Å². The Kier molecular flexibility index (Phi) is 4.75. The third-order valence-corrected chi connectivity index (χ3v) is 6.27. The third-order valence-electron chi connectivity index (χ3n) is 5.34. The molecule has 1 aromatic heterocycles. The highest BCUT2D eigenvalue weighted by molar-refractivity contribution is 7.10. The van der Waals surface area contributed by atoms with Gasteiger partial charge in [-0.25, -0.2) is 0 Å². The quantitative estimate of drug-likeness (QED) is 0.772. The van der Waals surface area contributed by atoms with Crippen LogP contribution in [0.2, 0.25) is 0 Å². The third kappa shape index (κ3) is 3.33. The maximum absolute atomic E-state index is 13.3. The molecule has 0 saturated heterocycles. The molecule has 1 aliphatic carbocycles. The Hall–Kier alpha value is -2.60. The number of nitrogens with one attached hydrogen (secondary N) is 1. The van der Waals surface area contributed by atoms with Crippen LogP contribution in [0.15, 0.2) is 53.0 Å². The Labute approximate surface area is 169 Å². The number of Topliss-reactive ketones (excluding diaryl/α,β-unsaturated/α-hetero) is 1. The molecule has 4 rings (SSSR count). The van der Waals surface area contributed by atoms with Crippen LogP contribution in [0.25, 0.3) is 0 Å². The molecule has 0 amide bonds. The number of methoxy groups -OCH3 is 1. The summed E-state index contributed by atoms with van der Waals surface area (Å²) in [6, 6.07) is 11.6. The van der Waals surface area contributed by atoms with Crippen molar-refractivity contribution in [2.75, 3.05) is 23.9 Å². The second-order valence-electron chi connectivity index (χ2n) is 8.10. The van der Waals surface area contributed by atoms with Gasteiger partial charge in [0, 0.05) is 22.6 Å². The lowest BCUT2D eigenvalue weighted by Crippen LogP contribution is -2.38. The molecule has 2 aromatic rings. The van der Waals surface area contributed by atoms with Crippen LogP contribution in [0.1, 0.15) is 37.6 Å². The van der Waals surface area contributed by atoms with E-state index in [4.69, 9.17) is 4.74 Å². The number of ketones is 1. The van der Waals surface area contributed by atoms with Gasteiger partial charge < -0.3 is 15.0 Å². The van der Waals surface area contributed by atoms with Crippen molar-refractivity contribution in [3.8, 4) is 0 Å². The highest BCUT2D eigenvalue weighted by Gasteiger charge is 2.42. The predicted molar refractivity (Wildman–Crippen MR) is 112 cm³/mol. The summed E-state index contributed by atoms with van der Waals surface area (Å²) >= 11 is 1.60. The van der Waals surface area contributed by atoms with E-state index in [0.717, 1.165) is 33.9 Å². The minimum absolute atomic E-state index is 0.0746. The van der Waals surface area contributed by atoms with Crippen molar-refractivity contribution in [3.05, 3.63) is 57.9 Å². The molecule has 6 heteroatoms. The number of carbonyl (C=O) groups excluding carboxylic acids is 2. The van der Waals surface area contributed by atoms with E-state index < -0.39 is 0 Å². The molecule has 1 aliphatic heterocycles. The lowest BCUT2D eigenvalue weighted by atomic mass is 9.74. The zero-order valence-corrected chi connectivity index (χ0v) is 17.1. The minimum atomic E-state index is -0.330. The number of rotatable bonds is 3. The number of benzene rings is 1. The average Bonchev–Trinajstić information content (AvgIpc) is 3.13. The average molecular weight is 397 g/mol. The summed E-state index contributed by atoms with van der Waals surface area (Å²) < 4.78 is 4.97. The van der Waals surface area contributed by atoms with Crippen molar-refractivity contribution in [1.29, 1.82) is 0 Å². The normalized spacial score (nSPS) is 20.8. The fraction of sp³-hybridized carbons (Fsp3) is 0.364. The molecule has 1 atom stereocenters. The van der Waals surface area contributed by atoms with Gasteiger partial charge in [0.1, 0.15) is 6.54 Å². The number of esters is 1. The van der Waals surface area contributed by atoms with Gasteiger partial charge in [-0.15, -0.1) is 11.3 Å². The molecule has 1 N–H and O–H groups in total. The van der Waals surface area contributed by atoms with Crippen LogP contribution in [-0.4, -0.2) is 25.4 Å². The van der Waals surface area contributed by atoms with E-state index in [2.05, 4.69) is 19.2 Å². The Morgan fingerprint density at radius 3 is 2.75 bits per heavy atom. The van der Waals surface area contributed by atoms with Crippen molar-refractivity contribution >= 4 is 34.5 Å². The summed E-state index contributed by atoms with van der Waals surface area (Å²) in [5.74, 6) is -0.191. The Balaban J connectivity index is 1.94. The molecule has 0 radical (unpaired) electrons. The molecule has 5 nitrogen and oxygen atoms in total. The summed E-state index contributed by atoms with van der Waals surface area (Å²) in [4.78, 5) is 28.6. The number of para-hydroxylation sites is 2. The molecular formula is C22H24N2O3S. The molecule has 1 aromatic carbocycles. The molecule has 28 heavy (non-hydrogen) atoms. The van der Waals surface area contributed by atoms with Crippen molar-refractivity contribution in [1.82, 2.24) is 0 Å². The molecule has 0 bridgehead atoms. The lowest BCUT2D eigenvalue weighted by molar-refractivity contribution is -0.139. The largest absolute Gasteiger partial charge is 0.468 e. The first-order valence-corrected chi connectivity index (χ1v) is 10.3. The van der Waals surface area contributed by atoms with E-state index in [0.29, 0.717) is 6.42 Å². The number of anilines is 2. The molecule has 0 spiro atoms. The van der Waals surface area contributed by atoms with Gasteiger partial charge in [0.05, 0.1) is 24.5 Å². The van der Waals surface area contributed by atoms with Crippen molar-refractivity contribution in [2.24, 2.45) is 5.41 Å². The van der Waals surface area contributed by atoms with Crippen LogP contribution in [0.5, 0.6) is 0 Å². The zero-order valence-electron chi connectivity index (χ0n) is 16.3. The van der Waals surface area contributed by atoms with Gasteiger partial charge in [-0.1, -0.05) is 32.0 Å². The van der Waals surface area contributed by atoms with Gasteiger partial charge in [-0.2, -0.15) is 0 Å².